The maximum Gasteiger partial charge on any atom is 0.00362 e. The van der Waals surface area contributed by atoms with Gasteiger partial charge in [-0.1, -0.05) is 25.5 Å². The van der Waals surface area contributed by atoms with Crippen LogP contribution in [-0.4, -0.2) is 12.6 Å². The average Bonchev–Trinajstić information content (AvgIpc) is 2.12. The van der Waals surface area contributed by atoms with E-state index in [1.54, 1.807) is 5.57 Å². The minimum absolute atomic E-state index is 0.677. The van der Waals surface area contributed by atoms with Gasteiger partial charge in [0.1, 0.15) is 0 Å². The molecule has 3 unspecified atom stereocenters. The molecule has 0 heterocycles. The molecular formula is C13H25N. The third-order valence-corrected chi connectivity index (χ3v) is 3.25. The maximum absolute atomic E-state index is 3.62. The van der Waals surface area contributed by atoms with Gasteiger partial charge in [0, 0.05) is 6.04 Å². The van der Waals surface area contributed by atoms with E-state index in [4.69, 9.17) is 0 Å². The van der Waals surface area contributed by atoms with Gasteiger partial charge in [0.15, 0.2) is 0 Å². The van der Waals surface area contributed by atoms with Crippen LogP contribution in [0.5, 0.6) is 0 Å². The molecule has 0 radical (unpaired) electrons. The molecule has 3 atom stereocenters. The lowest BCUT2D eigenvalue weighted by atomic mass is 9.83. The summed E-state index contributed by atoms with van der Waals surface area (Å²) < 4.78 is 0. The van der Waals surface area contributed by atoms with Crippen LogP contribution in [0.15, 0.2) is 11.6 Å². The third kappa shape index (κ3) is 3.83. The number of rotatable bonds is 4. The Kier molecular flexibility index (Phi) is 4.67. The van der Waals surface area contributed by atoms with Crippen molar-refractivity contribution >= 4 is 0 Å². The van der Waals surface area contributed by atoms with Crippen LogP contribution in [0.25, 0.3) is 0 Å². The number of allylic oxidation sites excluding steroid dienone is 2. The van der Waals surface area contributed by atoms with Crippen molar-refractivity contribution in [3.05, 3.63) is 11.6 Å². The number of nitrogens with one attached hydrogen (secondary N) is 1. The average molecular weight is 195 g/mol. The second kappa shape index (κ2) is 5.55. The minimum atomic E-state index is 0.677. The number of hydrogen-bond acceptors (Lipinski definition) is 1. The van der Waals surface area contributed by atoms with E-state index in [0.717, 1.165) is 11.8 Å². The lowest BCUT2D eigenvalue weighted by Gasteiger charge is -2.26. The molecule has 0 aliphatic heterocycles. The van der Waals surface area contributed by atoms with E-state index in [-0.39, 0.29) is 0 Å². The third-order valence-electron chi connectivity index (χ3n) is 3.25. The van der Waals surface area contributed by atoms with Crippen LogP contribution >= 0.6 is 0 Å². The van der Waals surface area contributed by atoms with Gasteiger partial charge in [-0.05, 0) is 51.5 Å². The zero-order valence-corrected chi connectivity index (χ0v) is 10.1. The minimum Gasteiger partial charge on any atom is -0.314 e. The van der Waals surface area contributed by atoms with Crippen molar-refractivity contribution in [2.24, 2.45) is 11.8 Å². The summed E-state index contributed by atoms with van der Waals surface area (Å²) in [6, 6.07) is 0.677. The molecule has 1 aliphatic carbocycles. The molecule has 14 heavy (non-hydrogen) atoms. The predicted octanol–water partition coefficient (Wildman–Crippen LogP) is 3.37. The van der Waals surface area contributed by atoms with Crippen LogP contribution in [0.4, 0.5) is 0 Å². The fourth-order valence-corrected chi connectivity index (χ4v) is 2.35. The highest BCUT2D eigenvalue weighted by Crippen LogP contribution is 2.27. The van der Waals surface area contributed by atoms with Gasteiger partial charge in [-0.3, -0.25) is 0 Å². The van der Waals surface area contributed by atoms with Crippen LogP contribution in [0.3, 0.4) is 0 Å². The van der Waals surface area contributed by atoms with Gasteiger partial charge in [0.05, 0.1) is 0 Å². The van der Waals surface area contributed by atoms with Crippen molar-refractivity contribution < 1.29 is 0 Å². The summed E-state index contributed by atoms with van der Waals surface area (Å²) in [5.74, 6) is 1.65. The molecule has 0 saturated carbocycles. The molecule has 1 N–H and O–H groups in total. The van der Waals surface area contributed by atoms with E-state index >= 15 is 0 Å². The molecule has 0 fully saturated rings. The van der Waals surface area contributed by atoms with Gasteiger partial charge >= 0.3 is 0 Å². The van der Waals surface area contributed by atoms with Crippen LogP contribution in [0, 0.1) is 11.8 Å². The molecule has 0 aromatic carbocycles. The SMILES string of the molecule is CCC(C)NCC1CC(C)=CC(C)C1. The first-order valence-electron chi connectivity index (χ1n) is 6.02. The molecule has 0 aromatic heterocycles. The molecule has 0 aromatic rings. The standard InChI is InChI=1S/C13H25N/c1-5-12(4)14-9-13-7-10(2)6-11(3)8-13/h6,10,12-14H,5,7-9H2,1-4H3. The van der Waals surface area contributed by atoms with Crippen molar-refractivity contribution in [1.29, 1.82) is 0 Å². The Morgan fingerprint density at radius 3 is 2.86 bits per heavy atom. The summed E-state index contributed by atoms with van der Waals surface area (Å²) in [4.78, 5) is 0. The van der Waals surface area contributed by atoms with Crippen LogP contribution in [0.1, 0.15) is 47.0 Å². The Hall–Kier alpha value is -0.300. The first kappa shape index (κ1) is 11.8. The predicted molar refractivity (Wildman–Crippen MR) is 63.4 cm³/mol. The molecule has 0 spiro atoms. The molecule has 82 valence electrons. The fraction of sp³-hybridized carbons (Fsp3) is 0.846. The molecule has 1 nitrogen and oxygen atoms in total. The number of hydrogen-bond donors (Lipinski definition) is 1. The summed E-state index contributed by atoms with van der Waals surface area (Å²) in [5.41, 5.74) is 1.58. The molecular weight excluding hydrogens is 170 g/mol. The van der Waals surface area contributed by atoms with Gasteiger partial charge < -0.3 is 5.32 Å². The summed E-state index contributed by atoms with van der Waals surface area (Å²) in [5, 5.41) is 3.62. The Morgan fingerprint density at radius 2 is 2.29 bits per heavy atom. The smallest absolute Gasteiger partial charge is 0.00362 e. The fourth-order valence-electron chi connectivity index (χ4n) is 2.35. The Balaban J connectivity index is 2.29. The largest absolute Gasteiger partial charge is 0.314 e. The first-order valence-corrected chi connectivity index (χ1v) is 6.02. The summed E-state index contributed by atoms with van der Waals surface area (Å²) in [6.07, 6.45) is 6.32. The lowest BCUT2D eigenvalue weighted by Crippen LogP contribution is -2.32. The van der Waals surface area contributed by atoms with E-state index in [2.05, 4.69) is 39.1 Å². The zero-order chi connectivity index (χ0) is 10.6. The highest BCUT2D eigenvalue weighted by Gasteiger charge is 2.17. The summed E-state index contributed by atoms with van der Waals surface area (Å²) >= 11 is 0. The van der Waals surface area contributed by atoms with Crippen molar-refractivity contribution in [2.45, 2.75) is 53.0 Å². The van der Waals surface area contributed by atoms with Gasteiger partial charge in [-0.25, -0.2) is 0 Å². The topological polar surface area (TPSA) is 12.0 Å². The van der Waals surface area contributed by atoms with Gasteiger partial charge in [-0.2, -0.15) is 0 Å². The van der Waals surface area contributed by atoms with Crippen LogP contribution in [0.2, 0.25) is 0 Å². The highest BCUT2D eigenvalue weighted by atomic mass is 14.9. The van der Waals surface area contributed by atoms with E-state index < -0.39 is 0 Å². The Bertz CT molecular complexity index is 195. The monoisotopic (exact) mass is 195 g/mol. The molecule has 0 saturated heterocycles. The second-order valence-electron chi connectivity index (χ2n) is 5.01. The van der Waals surface area contributed by atoms with E-state index in [9.17, 15) is 0 Å². The molecule has 1 rings (SSSR count). The Morgan fingerprint density at radius 1 is 1.57 bits per heavy atom. The molecule has 0 amide bonds. The molecule has 1 aliphatic rings. The van der Waals surface area contributed by atoms with Crippen LogP contribution in [-0.2, 0) is 0 Å². The van der Waals surface area contributed by atoms with Gasteiger partial charge in [0.25, 0.3) is 0 Å². The quantitative estimate of drug-likeness (QED) is 0.678. The lowest BCUT2D eigenvalue weighted by molar-refractivity contribution is 0.362. The van der Waals surface area contributed by atoms with Crippen molar-refractivity contribution in [1.82, 2.24) is 5.32 Å². The van der Waals surface area contributed by atoms with E-state index in [1.807, 2.05) is 0 Å². The normalized spacial score (nSPS) is 29.9. The van der Waals surface area contributed by atoms with E-state index in [0.29, 0.717) is 6.04 Å². The van der Waals surface area contributed by atoms with Crippen molar-refractivity contribution in [3.63, 3.8) is 0 Å². The van der Waals surface area contributed by atoms with E-state index in [1.165, 1.54) is 25.8 Å². The van der Waals surface area contributed by atoms with Crippen molar-refractivity contribution in [3.8, 4) is 0 Å². The Labute approximate surface area is 89.0 Å². The second-order valence-corrected chi connectivity index (χ2v) is 5.01. The zero-order valence-electron chi connectivity index (χ0n) is 10.1. The summed E-state index contributed by atoms with van der Waals surface area (Å²) in [6.45, 7) is 10.3. The van der Waals surface area contributed by atoms with Gasteiger partial charge in [-0.15, -0.1) is 0 Å². The van der Waals surface area contributed by atoms with Crippen molar-refractivity contribution in [2.75, 3.05) is 6.54 Å². The van der Waals surface area contributed by atoms with Gasteiger partial charge in [0.2, 0.25) is 0 Å². The molecule has 0 bridgehead atoms. The summed E-state index contributed by atoms with van der Waals surface area (Å²) in [7, 11) is 0. The first-order chi connectivity index (χ1) is 6.61. The molecule has 1 heteroatoms. The maximum atomic E-state index is 3.62. The van der Waals surface area contributed by atoms with Crippen LogP contribution < -0.4 is 5.32 Å². The highest BCUT2D eigenvalue weighted by molar-refractivity contribution is 5.06.